The molecule has 0 spiro atoms. The van der Waals surface area contributed by atoms with Crippen LogP contribution in [0.5, 0.6) is 0 Å². The van der Waals surface area contributed by atoms with Crippen molar-refractivity contribution >= 4 is 27.9 Å². The van der Waals surface area contributed by atoms with Gasteiger partial charge < -0.3 is 5.11 Å². The summed E-state index contributed by atoms with van der Waals surface area (Å²) in [6.45, 7) is 4.16. The Kier molecular flexibility index (Phi) is 6.34. The second-order valence-corrected chi connectivity index (χ2v) is 3.80. The zero-order valence-corrected chi connectivity index (χ0v) is 9.56. The van der Waals surface area contributed by atoms with Gasteiger partial charge >= 0.3 is 4.70 Å². The Labute approximate surface area is 93.5 Å². The molecule has 14 heavy (non-hydrogen) atoms. The first-order chi connectivity index (χ1) is 6.43. The summed E-state index contributed by atoms with van der Waals surface area (Å²) in [5, 5.41) is 8.96. The standard InChI is InChI=1S/C9H12O.CCl2O/c1-7(2)8-3-5-9(10)6-4-8;2-1(3)4/h3,5-6,10H,4H2,1-2H3;. The van der Waals surface area contributed by atoms with Gasteiger partial charge in [-0.25, -0.2) is 0 Å². The van der Waals surface area contributed by atoms with Crippen molar-refractivity contribution in [3.63, 3.8) is 0 Å². The highest BCUT2D eigenvalue weighted by Gasteiger charge is 1.99. The average Bonchev–Trinajstić information content (AvgIpc) is 2.03. The van der Waals surface area contributed by atoms with E-state index in [2.05, 4.69) is 37.0 Å². The highest BCUT2D eigenvalue weighted by atomic mass is 35.5. The van der Waals surface area contributed by atoms with Gasteiger partial charge in [0.1, 0.15) is 5.76 Å². The average molecular weight is 235 g/mol. The largest absolute Gasteiger partial charge is 0.508 e. The van der Waals surface area contributed by atoms with Crippen LogP contribution >= 0.6 is 23.2 Å². The Morgan fingerprint density at radius 2 is 1.86 bits per heavy atom. The zero-order chi connectivity index (χ0) is 11.1. The van der Waals surface area contributed by atoms with Crippen molar-refractivity contribution in [3.05, 3.63) is 35.1 Å². The SMILES string of the molecule is CC(C)=C1C=CC(O)=CC1.O=C(Cl)Cl. The van der Waals surface area contributed by atoms with Gasteiger partial charge in [-0.15, -0.1) is 0 Å². The molecule has 4 heteroatoms. The number of aliphatic hydroxyl groups is 1. The molecular weight excluding hydrogens is 223 g/mol. The van der Waals surface area contributed by atoms with Crippen molar-refractivity contribution in [1.29, 1.82) is 0 Å². The lowest BCUT2D eigenvalue weighted by Crippen LogP contribution is -1.88. The molecule has 0 aromatic carbocycles. The molecule has 0 amide bonds. The second-order valence-electron chi connectivity index (χ2n) is 2.92. The normalized spacial score (nSPS) is 14.0. The van der Waals surface area contributed by atoms with E-state index in [-0.39, 0.29) is 0 Å². The van der Waals surface area contributed by atoms with Gasteiger partial charge in [0.15, 0.2) is 0 Å². The predicted octanol–water partition coefficient (Wildman–Crippen LogP) is 4.31. The van der Waals surface area contributed by atoms with E-state index in [0.29, 0.717) is 5.76 Å². The minimum atomic E-state index is -0.889. The first kappa shape index (κ1) is 13.3. The molecule has 1 aliphatic rings. The highest BCUT2D eigenvalue weighted by molar-refractivity contribution is 6.93. The summed E-state index contributed by atoms with van der Waals surface area (Å²) in [4.78, 5) is 8.98. The van der Waals surface area contributed by atoms with Gasteiger partial charge in [0, 0.05) is 0 Å². The fourth-order valence-electron chi connectivity index (χ4n) is 0.907. The lowest BCUT2D eigenvalue weighted by Gasteiger charge is -2.05. The maximum absolute atomic E-state index is 8.98. The number of carbonyl (C=O) groups excluding carboxylic acids is 1. The van der Waals surface area contributed by atoms with Gasteiger partial charge in [0.05, 0.1) is 0 Å². The number of hydrogen-bond donors (Lipinski definition) is 1. The maximum Gasteiger partial charge on any atom is 0.313 e. The Hall–Kier alpha value is -0.730. The van der Waals surface area contributed by atoms with Crippen molar-refractivity contribution in [2.75, 3.05) is 0 Å². The second kappa shape index (κ2) is 6.68. The van der Waals surface area contributed by atoms with E-state index in [9.17, 15) is 0 Å². The molecule has 0 bridgehead atoms. The Balaban J connectivity index is 0.000000364. The number of hydrogen-bond acceptors (Lipinski definition) is 2. The van der Waals surface area contributed by atoms with Crippen LogP contribution in [0, 0.1) is 0 Å². The van der Waals surface area contributed by atoms with Gasteiger partial charge in [-0.2, -0.15) is 0 Å². The predicted molar refractivity (Wildman–Crippen MR) is 59.9 cm³/mol. The minimum Gasteiger partial charge on any atom is -0.508 e. The molecule has 78 valence electrons. The minimum absolute atomic E-state index is 0.380. The Morgan fingerprint density at radius 1 is 1.36 bits per heavy atom. The first-order valence-electron chi connectivity index (χ1n) is 4.02. The molecule has 0 radical (unpaired) electrons. The molecule has 1 rings (SSSR count). The number of rotatable bonds is 0. The van der Waals surface area contributed by atoms with Crippen LogP contribution in [0.4, 0.5) is 4.79 Å². The van der Waals surface area contributed by atoms with E-state index in [1.165, 1.54) is 11.1 Å². The molecule has 0 atom stereocenters. The third-order valence-electron chi connectivity index (χ3n) is 1.63. The van der Waals surface area contributed by atoms with Crippen LogP contribution < -0.4 is 0 Å². The molecule has 0 aliphatic heterocycles. The summed E-state index contributed by atoms with van der Waals surface area (Å²) in [5.74, 6) is 0.380. The third kappa shape index (κ3) is 6.75. The van der Waals surface area contributed by atoms with Crippen molar-refractivity contribution in [2.45, 2.75) is 20.3 Å². The van der Waals surface area contributed by atoms with Gasteiger partial charge in [-0.05, 0) is 61.2 Å². The summed E-state index contributed by atoms with van der Waals surface area (Å²) in [7, 11) is 0. The van der Waals surface area contributed by atoms with Crippen molar-refractivity contribution in [3.8, 4) is 0 Å². The van der Waals surface area contributed by atoms with Crippen LogP contribution in [-0.2, 0) is 0 Å². The molecule has 0 aromatic rings. The molecule has 0 heterocycles. The monoisotopic (exact) mass is 234 g/mol. The molecule has 1 aliphatic carbocycles. The molecule has 0 unspecified atom stereocenters. The first-order valence-corrected chi connectivity index (χ1v) is 4.77. The topological polar surface area (TPSA) is 37.3 Å². The molecule has 0 saturated carbocycles. The lowest BCUT2D eigenvalue weighted by molar-refractivity contribution is 0.275. The smallest absolute Gasteiger partial charge is 0.313 e. The van der Waals surface area contributed by atoms with Crippen LogP contribution in [0.2, 0.25) is 0 Å². The van der Waals surface area contributed by atoms with Crippen molar-refractivity contribution in [2.24, 2.45) is 0 Å². The summed E-state index contributed by atoms with van der Waals surface area (Å²) in [6.07, 6.45) is 6.38. The van der Waals surface area contributed by atoms with Crippen LogP contribution in [0.1, 0.15) is 20.3 Å². The van der Waals surface area contributed by atoms with Gasteiger partial charge in [0.2, 0.25) is 0 Å². The molecule has 0 fully saturated rings. The van der Waals surface area contributed by atoms with E-state index in [1.807, 2.05) is 12.2 Å². The van der Waals surface area contributed by atoms with Crippen LogP contribution in [0.25, 0.3) is 0 Å². The van der Waals surface area contributed by atoms with Crippen molar-refractivity contribution < 1.29 is 9.90 Å². The molecule has 2 nitrogen and oxygen atoms in total. The number of aliphatic hydroxyl groups excluding tert-OH is 1. The summed E-state index contributed by atoms with van der Waals surface area (Å²) >= 11 is 8.80. The van der Waals surface area contributed by atoms with E-state index >= 15 is 0 Å². The van der Waals surface area contributed by atoms with E-state index < -0.39 is 4.70 Å². The fraction of sp³-hybridized carbons (Fsp3) is 0.300. The lowest BCUT2D eigenvalue weighted by atomic mass is 10.0. The van der Waals surface area contributed by atoms with Crippen molar-refractivity contribution in [1.82, 2.24) is 0 Å². The third-order valence-corrected chi connectivity index (χ3v) is 1.63. The summed E-state index contributed by atoms with van der Waals surface area (Å²) in [5.41, 5.74) is 2.62. The Morgan fingerprint density at radius 3 is 2.14 bits per heavy atom. The van der Waals surface area contributed by atoms with E-state index in [4.69, 9.17) is 9.90 Å². The molecule has 0 aromatic heterocycles. The van der Waals surface area contributed by atoms with Crippen LogP contribution in [0.15, 0.2) is 35.1 Å². The maximum atomic E-state index is 8.98. The zero-order valence-electron chi connectivity index (χ0n) is 8.05. The quantitative estimate of drug-likeness (QED) is 0.635. The highest BCUT2D eigenvalue weighted by Crippen LogP contribution is 2.16. The van der Waals surface area contributed by atoms with E-state index in [0.717, 1.165) is 6.42 Å². The fourth-order valence-corrected chi connectivity index (χ4v) is 0.907. The van der Waals surface area contributed by atoms with Crippen LogP contribution in [0.3, 0.4) is 0 Å². The summed E-state index contributed by atoms with van der Waals surface area (Å²) in [6, 6.07) is 0. The summed E-state index contributed by atoms with van der Waals surface area (Å²) < 4.78 is -0.889. The number of carbonyl (C=O) groups is 1. The Bertz CT molecular complexity index is 293. The molecule has 0 saturated heterocycles. The van der Waals surface area contributed by atoms with Gasteiger partial charge in [-0.1, -0.05) is 11.6 Å². The number of halogens is 2. The van der Waals surface area contributed by atoms with Gasteiger partial charge in [-0.3, -0.25) is 4.79 Å². The van der Waals surface area contributed by atoms with Crippen LogP contribution in [-0.4, -0.2) is 9.81 Å². The molecule has 1 N–H and O–H groups in total. The van der Waals surface area contributed by atoms with Gasteiger partial charge in [0.25, 0.3) is 0 Å². The molecular formula is C10H12Cl2O2. The number of allylic oxidation sites excluding steroid dienone is 5. The van der Waals surface area contributed by atoms with E-state index in [1.54, 1.807) is 6.08 Å².